The highest BCUT2D eigenvalue weighted by Gasteiger charge is 2.19. The molecule has 0 spiro atoms. The molecule has 6 nitrogen and oxygen atoms in total. The van der Waals surface area contributed by atoms with Gasteiger partial charge in [0.15, 0.2) is 6.10 Å². The van der Waals surface area contributed by atoms with Gasteiger partial charge in [-0.1, -0.05) is 283 Å². The number of hydrogen-bond donors (Lipinski definition) is 0. The Morgan fingerprint density at radius 2 is 0.500 bits per heavy atom. The van der Waals surface area contributed by atoms with E-state index in [1.54, 1.807) is 0 Å². The third kappa shape index (κ3) is 53.1. The summed E-state index contributed by atoms with van der Waals surface area (Å²) in [6.45, 7) is 6.69. The number of unbranched alkanes of at least 4 members (excludes halogenated alkanes) is 42. The van der Waals surface area contributed by atoms with Gasteiger partial charge in [0.2, 0.25) is 0 Å². The van der Waals surface area contributed by atoms with Gasteiger partial charge in [-0.15, -0.1) is 0 Å². The summed E-state index contributed by atoms with van der Waals surface area (Å²) in [5.41, 5.74) is 0. The van der Waals surface area contributed by atoms with Gasteiger partial charge in [0.05, 0.1) is 0 Å². The number of ether oxygens (including phenoxy) is 3. The lowest BCUT2D eigenvalue weighted by Gasteiger charge is -2.18. The largest absolute Gasteiger partial charge is 0.462 e. The van der Waals surface area contributed by atoms with Crippen LogP contribution in [0, 0.1) is 0 Å². The van der Waals surface area contributed by atoms with Gasteiger partial charge < -0.3 is 14.2 Å². The van der Waals surface area contributed by atoms with Crippen LogP contribution in [-0.2, 0) is 28.6 Å². The van der Waals surface area contributed by atoms with Gasteiger partial charge in [-0.25, -0.2) is 0 Å². The molecule has 0 amide bonds. The fourth-order valence-corrected chi connectivity index (χ4v) is 9.03. The minimum Gasteiger partial charge on any atom is -0.462 e. The first-order valence-electron chi connectivity index (χ1n) is 29.7. The summed E-state index contributed by atoms with van der Waals surface area (Å²) in [7, 11) is 0. The summed E-state index contributed by atoms with van der Waals surface area (Å²) in [5, 5.41) is 0. The van der Waals surface area contributed by atoms with Crippen LogP contribution in [0.1, 0.15) is 335 Å². The minimum absolute atomic E-state index is 0.0673. The smallest absolute Gasteiger partial charge is 0.306 e. The van der Waals surface area contributed by atoms with E-state index in [1.165, 1.54) is 231 Å². The predicted octanol–water partition coefficient (Wildman–Crippen LogP) is 19.7. The van der Waals surface area contributed by atoms with Crippen molar-refractivity contribution in [3.05, 3.63) is 12.2 Å². The minimum atomic E-state index is -0.769. The van der Waals surface area contributed by atoms with Gasteiger partial charge in [-0.2, -0.15) is 0 Å². The standard InChI is InChI=1S/C60H114O6/c1-4-7-10-13-16-19-22-25-27-29-30-31-33-35-38-41-44-47-50-53-59(62)65-56-57(55-64-58(61)52-49-46-43-40-37-34-24-21-18-15-12-9-6-3)66-60(63)54-51-48-45-42-39-36-32-28-26-23-20-17-14-11-8-5-2/h28,32,57H,4-27,29-31,33-56H2,1-3H3/b32-28-. The fourth-order valence-electron chi connectivity index (χ4n) is 9.03. The highest BCUT2D eigenvalue weighted by molar-refractivity contribution is 5.71. The number of esters is 3. The molecule has 0 aromatic heterocycles. The topological polar surface area (TPSA) is 78.9 Å². The molecular weight excluding hydrogens is 817 g/mol. The van der Waals surface area contributed by atoms with E-state index < -0.39 is 6.10 Å². The molecular formula is C60H114O6. The molecule has 0 aliphatic carbocycles. The second-order valence-corrected chi connectivity index (χ2v) is 20.3. The van der Waals surface area contributed by atoms with Crippen LogP contribution in [0.25, 0.3) is 0 Å². The molecule has 6 heteroatoms. The average Bonchev–Trinajstić information content (AvgIpc) is 3.31. The fraction of sp³-hybridized carbons (Fsp3) is 0.917. The van der Waals surface area contributed by atoms with E-state index in [9.17, 15) is 14.4 Å². The Hall–Kier alpha value is -1.85. The third-order valence-corrected chi connectivity index (χ3v) is 13.5. The van der Waals surface area contributed by atoms with E-state index in [4.69, 9.17) is 14.2 Å². The number of hydrogen-bond acceptors (Lipinski definition) is 6. The first kappa shape index (κ1) is 64.2. The molecule has 1 unspecified atom stereocenters. The molecule has 0 heterocycles. The Bertz CT molecular complexity index is 1020. The Labute approximate surface area is 411 Å². The van der Waals surface area contributed by atoms with Crippen molar-refractivity contribution in [2.45, 2.75) is 341 Å². The van der Waals surface area contributed by atoms with E-state index in [2.05, 4.69) is 32.9 Å². The van der Waals surface area contributed by atoms with Crippen LogP contribution >= 0.6 is 0 Å². The predicted molar refractivity (Wildman–Crippen MR) is 284 cm³/mol. The van der Waals surface area contributed by atoms with Crippen molar-refractivity contribution in [1.29, 1.82) is 0 Å². The molecule has 0 N–H and O–H groups in total. The summed E-state index contributed by atoms with van der Waals surface area (Å²) in [4.78, 5) is 38.1. The molecule has 0 aliphatic heterocycles. The van der Waals surface area contributed by atoms with Gasteiger partial charge in [0.25, 0.3) is 0 Å². The van der Waals surface area contributed by atoms with Gasteiger partial charge in [-0.3, -0.25) is 14.4 Å². The highest BCUT2D eigenvalue weighted by atomic mass is 16.6. The summed E-state index contributed by atoms with van der Waals surface area (Å²) in [5.74, 6) is -0.850. The van der Waals surface area contributed by atoms with Crippen molar-refractivity contribution < 1.29 is 28.6 Å². The van der Waals surface area contributed by atoms with Crippen molar-refractivity contribution in [3.8, 4) is 0 Å². The quantitative estimate of drug-likeness (QED) is 0.0262. The summed E-state index contributed by atoms with van der Waals surface area (Å²) >= 11 is 0. The highest BCUT2D eigenvalue weighted by Crippen LogP contribution is 2.17. The number of carbonyl (C=O) groups is 3. The molecule has 0 saturated carbocycles. The van der Waals surface area contributed by atoms with E-state index in [-0.39, 0.29) is 31.1 Å². The van der Waals surface area contributed by atoms with Gasteiger partial charge >= 0.3 is 17.9 Å². The van der Waals surface area contributed by atoms with Crippen LogP contribution in [0.5, 0.6) is 0 Å². The SMILES string of the molecule is CCCCCCCCC/C=C\CCCCCCCC(=O)OC(COC(=O)CCCCCCCCCCCCCCC)COC(=O)CCCCCCCCCCCCCCCCCCCCC. The first-order valence-corrected chi connectivity index (χ1v) is 29.7. The number of rotatable bonds is 55. The van der Waals surface area contributed by atoms with Crippen LogP contribution < -0.4 is 0 Å². The molecule has 1 atom stereocenters. The van der Waals surface area contributed by atoms with Crippen LogP contribution in [0.2, 0.25) is 0 Å². The Morgan fingerprint density at radius 1 is 0.288 bits per heavy atom. The Balaban J connectivity index is 4.29. The lowest BCUT2D eigenvalue weighted by molar-refractivity contribution is -0.167. The monoisotopic (exact) mass is 931 g/mol. The first-order chi connectivity index (χ1) is 32.5. The van der Waals surface area contributed by atoms with E-state index in [1.807, 2.05) is 0 Å². The molecule has 0 bridgehead atoms. The van der Waals surface area contributed by atoms with E-state index >= 15 is 0 Å². The molecule has 0 aromatic rings. The van der Waals surface area contributed by atoms with Crippen LogP contribution in [0.3, 0.4) is 0 Å². The van der Waals surface area contributed by atoms with Crippen molar-refractivity contribution in [2.24, 2.45) is 0 Å². The molecule has 390 valence electrons. The normalized spacial score (nSPS) is 12.0. The van der Waals surface area contributed by atoms with Crippen molar-refractivity contribution in [2.75, 3.05) is 13.2 Å². The number of allylic oxidation sites excluding steroid dienone is 2. The Kier molecular flexibility index (Phi) is 54.2. The summed E-state index contributed by atoms with van der Waals surface area (Å²) in [6.07, 6.45) is 63.5. The maximum absolute atomic E-state index is 12.8. The van der Waals surface area contributed by atoms with Crippen molar-refractivity contribution >= 4 is 17.9 Å². The van der Waals surface area contributed by atoms with Crippen LogP contribution in [-0.4, -0.2) is 37.2 Å². The molecule has 0 aromatic carbocycles. The zero-order chi connectivity index (χ0) is 47.9. The van der Waals surface area contributed by atoms with Gasteiger partial charge in [0.1, 0.15) is 13.2 Å². The van der Waals surface area contributed by atoms with Crippen molar-refractivity contribution in [3.63, 3.8) is 0 Å². The summed E-state index contributed by atoms with van der Waals surface area (Å²) < 4.78 is 16.9. The molecule has 0 saturated heterocycles. The zero-order valence-corrected chi connectivity index (χ0v) is 44.7. The Morgan fingerprint density at radius 3 is 0.758 bits per heavy atom. The second kappa shape index (κ2) is 55.7. The number of carbonyl (C=O) groups excluding carboxylic acids is 3. The summed E-state index contributed by atoms with van der Waals surface area (Å²) in [6, 6.07) is 0. The van der Waals surface area contributed by atoms with Crippen LogP contribution in [0.15, 0.2) is 12.2 Å². The molecule has 0 rings (SSSR count). The second-order valence-electron chi connectivity index (χ2n) is 20.3. The van der Waals surface area contributed by atoms with Gasteiger partial charge in [0, 0.05) is 19.3 Å². The molecule has 66 heavy (non-hydrogen) atoms. The molecule has 0 fully saturated rings. The molecule has 0 aliphatic rings. The van der Waals surface area contributed by atoms with Crippen molar-refractivity contribution in [1.82, 2.24) is 0 Å². The zero-order valence-electron chi connectivity index (χ0n) is 44.7. The maximum Gasteiger partial charge on any atom is 0.306 e. The maximum atomic E-state index is 12.8. The lowest BCUT2D eigenvalue weighted by atomic mass is 10.0. The lowest BCUT2D eigenvalue weighted by Crippen LogP contribution is -2.30. The third-order valence-electron chi connectivity index (χ3n) is 13.5. The average molecular weight is 932 g/mol. The van der Waals surface area contributed by atoms with Gasteiger partial charge in [-0.05, 0) is 44.9 Å². The van der Waals surface area contributed by atoms with E-state index in [0.29, 0.717) is 19.3 Å². The van der Waals surface area contributed by atoms with Crippen LogP contribution in [0.4, 0.5) is 0 Å². The van der Waals surface area contributed by atoms with E-state index in [0.717, 1.165) is 64.2 Å². The molecule has 0 radical (unpaired) electrons.